The van der Waals surface area contributed by atoms with Gasteiger partial charge < -0.3 is 15.2 Å². The number of carbonyl (C=O) groups excluding carboxylic acids is 1. The van der Waals surface area contributed by atoms with Crippen LogP contribution in [0.3, 0.4) is 0 Å². The first-order valence-corrected chi connectivity index (χ1v) is 9.50. The SMILES string of the molecule is CC(C)OCCS(=O)(=O)NCC(=O)NC(C(=O)O)c1ccc(Cl)cc1. The van der Waals surface area contributed by atoms with Crippen molar-refractivity contribution in [2.45, 2.75) is 26.0 Å². The van der Waals surface area contributed by atoms with E-state index in [0.717, 1.165) is 0 Å². The van der Waals surface area contributed by atoms with E-state index in [0.29, 0.717) is 10.6 Å². The molecule has 25 heavy (non-hydrogen) atoms. The van der Waals surface area contributed by atoms with E-state index in [1.165, 1.54) is 24.3 Å². The van der Waals surface area contributed by atoms with Crippen LogP contribution >= 0.6 is 11.6 Å². The Morgan fingerprint density at radius 3 is 2.36 bits per heavy atom. The number of rotatable bonds is 10. The van der Waals surface area contributed by atoms with Gasteiger partial charge in [0.2, 0.25) is 15.9 Å². The minimum Gasteiger partial charge on any atom is -0.479 e. The van der Waals surface area contributed by atoms with Crippen molar-refractivity contribution in [2.24, 2.45) is 0 Å². The molecule has 8 nitrogen and oxygen atoms in total. The fourth-order valence-electron chi connectivity index (χ4n) is 1.80. The van der Waals surface area contributed by atoms with Gasteiger partial charge >= 0.3 is 5.97 Å². The maximum Gasteiger partial charge on any atom is 0.330 e. The molecule has 0 heterocycles. The fourth-order valence-corrected chi connectivity index (χ4v) is 2.73. The van der Waals surface area contributed by atoms with Crippen LogP contribution < -0.4 is 10.0 Å². The average Bonchev–Trinajstić information content (AvgIpc) is 2.51. The quantitative estimate of drug-likeness (QED) is 0.544. The molecule has 1 aromatic rings. The summed E-state index contributed by atoms with van der Waals surface area (Å²) in [5.41, 5.74) is 0.318. The molecule has 1 aromatic carbocycles. The van der Waals surface area contributed by atoms with Gasteiger partial charge in [-0.1, -0.05) is 23.7 Å². The molecular weight excluding hydrogens is 372 g/mol. The predicted octanol–water partition coefficient (Wildman–Crippen LogP) is 0.926. The smallest absolute Gasteiger partial charge is 0.330 e. The lowest BCUT2D eigenvalue weighted by Gasteiger charge is -2.15. The summed E-state index contributed by atoms with van der Waals surface area (Å²) in [6.45, 7) is 2.98. The normalized spacial score (nSPS) is 12.8. The third-order valence-electron chi connectivity index (χ3n) is 3.01. The van der Waals surface area contributed by atoms with Gasteiger partial charge in [-0.15, -0.1) is 0 Å². The third-order valence-corrected chi connectivity index (χ3v) is 4.55. The summed E-state index contributed by atoms with van der Waals surface area (Å²) in [6.07, 6.45) is -0.103. The highest BCUT2D eigenvalue weighted by atomic mass is 35.5. The molecule has 0 saturated heterocycles. The Balaban J connectivity index is 2.58. The molecule has 0 spiro atoms. The van der Waals surface area contributed by atoms with Crippen LogP contribution in [0.5, 0.6) is 0 Å². The number of benzene rings is 1. The highest BCUT2D eigenvalue weighted by Crippen LogP contribution is 2.16. The number of halogens is 1. The molecule has 0 radical (unpaired) electrons. The Morgan fingerprint density at radius 1 is 1.24 bits per heavy atom. The van der Waals surface area contributed by atoms with E-state index in [9.17, 15) is 23.1 Å². The summed E-state index contributed by atoms with van der Waals surface area (Å²) in [5, 5.41) is 11.9. The van der Waals surface area contributed by atoms with Crippen molar-refractivity contribution < 1.29 is 27.9 Å². The highest BCUT2D eigenvalue weighted by Gasteiger charge is 2.22. The Bertz CT molecular complexity index is 690. The van der Waals surface area contributed by atoms with Gasteiger partial charge in [-0.05, 0) is 31.5 Å². The number of ether oxygens (including phenoxy) is 1. The molecule has 1 atom stereocenters. The summed E-state index contributed by atoms with van der Waals surface area (Å²) in [4.78, 5) is 23.2. The number of carboxylic acids is 1. The Kier molecular flexibility index (Phi) is 8.30. The van der Waals surface area contributed by atoms with E-state index in [2.05, 4.69) is 10.0 Å². The summed E-state index contributed by atoms with van der Waals surface area (Å²) in [7, 11) is -3.70. The lowest BCUT2D eigenvalue weighted by molar-refractivity contribution is -0.141. The molecule has 1 amide bonds. The number of amides is 1. The Labute approximate surface area is 151 Å². The maximum atomic E-state index is 11.9. The van der Waals surface area contributed by atoms with Crippen molar-refractivity contribution in [2.75, 3.05) is 18.9 Å². The van der Waals surface area contributed by atoms with Crippen LogP contribution in [-0.4, -0.2) is 50.4 Å². The summed E-state index contributed by atoms with van der Waals surface area (Å²) < 4.78 is 30.7. The average molecular weight is 393 g/mol. The van der Waals surface area contributed by atoms with Crippen molar-refractivity contribution in [3.8, 4) is 0 Å². The van der Waals surface area contributed by atoms with Crippen molar-refractivity contribution in [1.82, 2.24) is 10.0 Å². The maximum absolute atomic E-state index is 11.9. The number of aliphatic carboxylic acids is 1. The first-order valence-electron chi connectivity index (χ1n) is 7.47. The van der Waals surface area contributed by atoms with E-state index in [1.807, 2.05) is 0 Å². The van der Waals surface area contributed by atoms with Gasteiger partial charge in [0.15, 0.2) is 6.04 Å². The van der Waals surface area contributed by atoms with E-state index in [4.69, 9.17) is 16.3 Å². The van der Waals surface area contributed by atoms with Crippen LogP contribution in [-0.2, 0) is 24.3 Å². The van der Waals surface area contributed by atoms with Crippen LogP contribution in [0, 0.1) is 0 Å². The first kappa shape index (κ1) is 21.4. The van der Waals surface area contributed by atoms with Gasteiger partial charge in [-0.3, -0.25) is 4.79 Å². The zero-order chi connectivity index (χ0) is 19.0. The molecule has 1 rings (SSSR count). The summed E-state index contributed by atoms with van der Waals surface area (Å²) in [6, 6.07) is 4.62. The molecule has 0 saturated carbocycles. The van der Waals surface area contributed by atoms with Gasteiger partial charge in [0, 0.05) is 5.02 Å². The molecule has 0 aromatic heterocycles. The second-order valence-electron chi connectivity index (χ2n) is 5.45. The standard InChI is InChI=1S/C15H21ClN2O6S/c1-10(2)24-7-8-25(22,23)17-9-13(19)18-14(15(20)21)11-3-5-12(16)6-4-11/h3-6,10,14,17H,7-9H2,1-2H3,(H,18,19)(H,20,21). The zero-order valence-corrected chi connectivity index (χ0v) is 15.4. The van der Waals surface area contributed by atoms with Gasteiger partial charge in [0.1, 0.15) is 0 Å². The van der Waals surface area contributed by atoms with Crippen LogP contribution in [0.4, 0.5) is 0 Å². The van der Waals surface area contributed by atoms with Crippen molar-refractivity contribution >= 4 is 33.5 Å². The van der Waals surface area contributed by atoms with Crippen LogP contribution in [0.15, 0.2) is 24.3 Å². The molecule has 140 valence electrons. The monoisotopic (exact) mass is 392 g/mol. The Morgan fingerprint density at radius 2 is 1.84 bits per heavy atom. The fraction of sp³-hybridized carbons (Fsp3) is 0.467. The van der Waals surface area contributed by atoms with Gasteiger partial charge in [0.05, 0.1) is 25.0 Å². The number of hydrogen-bond donors (Lipinski definition) is 3. The second-order valence-corrected chi connectivity index (χ2v) is 7.81. The first-order chi connectivity index (χ1) is 11.6. The zero-order valence-electron chi connectivity index (χ0n) is 13.9. The van der Waals surface area contributed by atoms with E-state index >= 15 is 0 Å². The number of hydrogen-bond acceptors (Lipinski definition) is 5. The van der Waals surface area contributed by atoms with Gasteiger partial charge in [-0.2, -0.15) is 0 Å². The Hall–Kier alpha value is -1.68. The molecule has 3 N–H and O–H groups in total. The highest BCUT2D eigenvalue weighted by molar-refractivity contribution is 7.89. The molecular formula is C15H21ClN2O6S. The summed E-state index contributed by atoms with van der Waals surface area (Å²) >= 11 is 5.74. The molecule has 0 bridgehead atoms. The minimum atomic E-state index is -3.70. The minimum absolute atomic E-state index is 0.00283. The molecule has 0 aliphatic rings. The molecule has 0 fully saturated rings. The number of nitrogens with one attached hydrogen (secondary N) is 2. The van der Waals surface area contributed by atoms with Crippen LogP contribution in [0.2, 0.25) is 5.02 Å². The molecule has 0 aliphatic heterocycles. The number of carboxylic acid groups (broad SMARTS) is 1. The topological polar surface area (TPSA) is 122 Å². The van der Waals surface area contributed by atoms with Crippen molar-refractivity contribution in [3.63, 3.8) is 0 Å². The number of sulfonamides is 1. The van der Waals surface area contributed by atoms with Crippen LogP contribution in [0.1, 0.15) is 25.5 Å². The largest absolute Gasteiger partial charge is 0.479 e. The summed E-state index contributed by atoms with van der Waals surface area (Å²) in [5.74, 6) is -2.34. The molecule has 1 unspecified atom stereocenters. The second kappa shape index (κ2) is 9.71. The van der Waals surface area contributed by atoms with Gasteiger partial charge in [-0.25, -0.2) is 17.9 Å². The van der Waals surface area contributed by atoms with E-state index in [1.54, 1.807) is 13.8 Å². The molecule has 10 heteroatoms. The third kappa shape index (κ3) is 8.30. The number of carbonyl (C=O) groups is 2. The lowest BCUT2D eigenvalue weighted by atomic mass is 10.1. The molecule has 0 aliphatic carbocycles. The van der Waals surface area contributed by atoms with E-state index in [-0.39, 0.29) is 18.5 Å². The predicted molar refractivity (Wildman–Crippen MR) is 92.8 cm³/mol. The van der Waals surface area contributed by atoms with E-state index < -0.39 is 34.5 Å². The lowest BCUT2D eigenvalue weighted by Crippen LogP contribution is -2.41. The van der Waals surface area contributed by atoms with Crippen molar-refractivity contribution in [1.29, 1.82) is 0 Å². The van der Waals surface area contributed by atoms with Gasteiger partial charge in [0.25, 0.3) is 0 Å². The van der Waals surface area contributed by atoms with Crippen molar-refractivity contribution in [3.05, 3.63) is 34.9 Å². The van der Waals surface area contributed by atoms with Crippen LogP contribution in [0.25, 0.3) is 0 Å².